The molecular formula is C11H21NO5. The summed E-state index contributed by atoms with van der Waals surface area (Å²) in [6, 6.07) is 0. The molecule has 0 aromatic carbocycles. The summed E-state index contributed by atoms with van der Waals surface area (Å²) in [7, 11) is 0. The van der Waals surface area contributed by atoms with Crippen molar-refractivity contribution in [2.75, 3.05) is 6.54 Å². The predicted octanol–water partition coefficient (Wildman–Crippen LogP) is 1.17. The van der Waals surface area contributed by atoms with Gasteiger partial charge in [0.1, 0.15) is 5.60 Å². The Labute approximate surface area is 101 Å². The SMILES string of the molecule is CC(C)(C)OC(=O)NCCCC[C@H](O)OC=O. The molecule has 0 aromatic heterocycles. The summed E-state index contributed by atoms with van der Waals surface area (Å²) in [4.78, 5) is 21.1. The van der Waals surface area contributed by atoms with Crippen molar-refractivity contribution in [2.24, 2.45) is 0 Å². The second-order valence-electron chi connectivity index (χ2n) is 4.61. The summed E-state index contributed by atoms with van der Waals surface area (Å²) in [6.07, 6.45) is 0.161. The summed E-state index contributed by atoms with van der Waals surface area (Å²) in [6.45, 7) is 6.05. The number of hydrogen-bond donors (Lipinski definition) is 2. The second kappa shape index (κ2) is 7.89. The van der Waals surface area contributed by atoms with Crippen LogP contribution in [0.1, 0.15) is 40.0 Å². The van der Waals surface area contributed by atoms with E-state index in [0.29, 0.717) is 25.8 Å². The Morgan fingerprint density at radius 1 is 1.41 bits per heavy atom. The molecule has 100 valence electrons. The van der Waals surface area contributed by atoms with Crippen LogP contribution in [0.25, 0.3) is 0 Å². The van der Waals surface area contributed by atoms with Crippen LogP contribution in [0, 0.1) is 0 Å². The van der Waals surface area contributed by atoms with E-state index < -0.39 is 18.0 Å². The first kappa shape index (κ1) is 15.7. The highest BCUT2D eigenvalue weighted by molar-refractivity contribution is 5.67. The van der Waals surface area contributed by atoms with Gasteiger partial charge < -0.3 is 19.9 Å². The van der Waals surface area contributed by atoms with Gasteiger partial charge >= 0.3 is 6.09 Å². The van der Waals surface area contributed by atoms with Crippen molar-refractivity contribution in [1.29, 1.82) is 0 Å². The maximum atomic E-state index is 11.2. The molecule has 1 atom stereocenters. The van der Waals surface area contributed by atoms with Crippen LogP contribution >= 0.6 is 0 Å². The van der Waals surface area contributed by atoms with Gasteiger partial charge in [0.05, 0.1) is 0 Å². The third-order valence-corrected chi connectivity index (χ3v) is 1.76. The van der Waals surface area contributed by atoms with Crippen LogP contribution in [0.15, 0.2) is 0 Å². The molecule has 2 N–H and O–H groups in total. The molecule has 0 fully saturated rings. The van der Waals surface area contributed by atoms with Gasteiger partial charge in [-0.1, -0.05) is 0 Å². The zero-order chi connectivity index (χ0) is 13.3. The molecule has 6 nitrogen and oxygen atoms in total. The summed E-state index contributed by atoms with van der Waals surface area (Å²) < 4.78 is 9.33. The van der Waals surface area contributed by atoms with Crippen molar-refractivity contribution >= 4 is 12.6 Å². The molecule has 0 saturated carbocycles. The number of alkyl carbamates (subject to hydrolysis) is 1. The Balaban J connectivity index is 3.45. The summed E-state index contributed by atoms with van der Waals surface area (Å²) >= 11 is 0. The Kier molecular flexibility index (Phi) is 7.29. The van der Waals surface area contributed by atoms with Gasteiger partial charge in [0.2, 0.25) is 0 Å². The van der Waals surface area contributed by atoms with E-state index in [1.54, 1.807) is 20.8 Å². The van der Waals surface area contributed by atoms with Crippen molar-refractivity contribution in [3.63, 3.8) is 0 Å². The predicted molar refractivity (Wildman–Crippen MR) is 61.2 cm³/mol. The highest BCUT2D eigenvalue weighted by Gasteiger charge is 2.15. The van der Waals surface area contributed by atoms with Crippen LogP contribution in [0.5, 0.6) is 0 Å². The first-order valence-corrected chi connectivity index (χ1v) is 5.59. The normalized spacial score (nSPS) is 12.7. The highest BCUT2D eigenvalue weighted by Crippen LogP contribution is 2.06. The molecule has 0 bridgehead atoms. The molecule has 1 amide bonds. The van der Waals surface area contributed by atoms with E-state index in [-0.39, 0.29) is 6.47 Å². The van der Waals surface area contributed by atoms with E-state index in [1.807, 2.05) is 0 Å². The number of carbonyl (C=O) groups is 2. The lowest BCUT2D eigenvalue weighted by atomic mass is 10.2. The number of unbranched alkanes of at least 4 members (excludes halogenated alkanes) is 1. The monoisotopic (exact) mass is 247 g/mol. The fourth-order valence-corrected chi connectivity index (χ4v) is 1.08. The first-order valence-electron chi connectivity index (χ1n) is 5.59. The van der Waals surface area contributed by atoms with Crippen LogP contribution < -0.4 is 5.32 Å². The van der Waals surface area contributed by atoms with Crippen LogP contribution in [0.4, 0.5) is 4.79 Å². The van der Waals surface area contributed by atoms with Gasteiger partial charge in [0.25, 0.3) is 6.47 Å². The Hall–Kier alpha value is -1.30. The molecule has 0 aliphatic heterocycles. The Bertz CT molecular complexity index is 237. The van der Waals surface area contributed by atoms with Gasteiger partial charge in [-0.3, -0.25) is 4.79 Å². The summed E-state index contributed by atoms with van der Waals surface area (Å²) in [5.41, 5.74) is -0.502. The largest absolute Gasteiger partial charge is 0.444 e. The number of aliphatic hydroxyl groups excluding tert-OH is 1. The zero-order valence-corrected chi connectivity index (χ0v) is 10.6. The van der Waals surface area contributed by atoms with E-state index in [9.17, 15) is 9.59 Å². The van der Waals surface area contributed by atoms with Gasteiger partial charge in [0.15, 0.2) is 6.29 Å². The lowest BCUT2D eigenvalue weighted by Gasteiger charge is -2.19. The van der Waals surface area contributed by atoms with Crippen LogP contribution in [0.3, 0.4) is 0 Å². The molecule has 0 radical (unpaired) electrons. The van der Waals surface area contributed by atoms with E-state index in [2.05, 4.69) is 10.1 Å². The lowest BCUT2D eigenvalue weighted by molar-refractivity contribution is -0.152. The van der Waals surface area contributed by atoms with Crippen molar-refractivity contribution in [3.8, 4) is 0 Å². The van der Waals surface area contributed by atoms with Crippen LogP contribution in [-0.2, 0) is 14.3 Å². The maximum Gasteiger partial charge on any atom is 0.407 e. The Morgan fingerprint density at radius 2 is 2.06 bits per heavy atom. The van der Waals surface area contributed by atoms with Gasteiger partial charge in [0, 0.05) is 13.0 Å². The van der Waals surface area contributed by atoms with Gasteiger partial charge in [-0.2, -0.15) is 0 Å². The fraction of sp³-hybridized carbons (Fsp3) is 0.818. The number of nitrogens with one attached hydrogen (secondary N) is 1. The average Bonchev–Trinajstić information content (AvgIpc) is 2.14. The van der Waals surface area contributed by atoms with Crippen molar-refractivity contribution in [1.82, 2.24) is 5.32 Å². The van der Waals surface area contributed by atoms with Gasteiger partial charge in [-0.05, 0) is 33.6 Å². The summed E-state index contributed by atoms with van der Waals surface area (Å²) in [5, 5.41) is 11.6. The number of carbonyl (C=O) groups excluding carboxylic acids is 2. The van der Waals surface area contributed by atoms with Crippen LogP contribution in [-0.4, -0.2) is 36.1 Å². The molecule has 0 spiro atoms. The average molecular weight is 247 g/mol. The number of rotatable bonds is 7. The highest BCUT2D eigenvalue weighted by atomic mass is 16.6. The minimum atomic E-state index is -1.06. The molecule has 17 heavy (non-hydrogen) atoms. The lowest BCUT2D eigenvalue weighted by Crippen LogP contribution is -2.33. The number of aliphatic hydroxyl groups is 1. The maximum absolute atomic E-state index is 11.2. The molecule has 0 rings (SSSR count). The van der Waals surface area contributed by atoms with E-state index in [0.717, 1.165) is 0 Å². The van der Waals surface area contributed by atoms with E-state index in [4.69, 9.17) is 9.84 Å². The third-order valence-electron chi connectivity index (χ3n) is 1.76. The molecule has 0 aliphatic carbocycles. The molecule has 0 unspecified atom stereocenters. The molecule has 0 heterocycles. The minimum absolute atomic E-state index is 0.212. The molecule has 0 saturated heterocycles. The van der Waals surface area contributed by atoms with E-state index in [1.165, 1.54) is 0 Å². The Morgan fingerprint density at radius 3 is 2.59 bits per heavy atom. The number of ether oxygens (including phenoxy) is 2. The zero-order valence-electron chi connectivity index (χ0n) is 10.6. The van der Waals surface area contributed by atoms with E-state index >= 15 is 0 Å². The third kappa shape index (κ3) is 11.0. The smallest absolute Gasteiger partial charge is 0.407 e. The minimum Gasteiger partial charge on any atom is -0.444 e. The topological polar surface area (TPSA) is 84.9 Å². The molecular weight excluding hydrogens is 226 g/mol. The molecule has 6 heteroatoms. The summed E-state index contributed by atoms with van der Waals surface area (Å²) in [5.74, 6) is 0. The van der Waals surface area contributed by atoms with Crippen LogP contribution in [0.2, 0.25) is 0 Å². The standard InChI is InChI=1S/C11H21NO5/c1-11(2,3)17-10(15)12-7-5-4-6-9(14)16-8-13/h8-9,14H,4-7H2,1-3H3,(H,12,15)/t9-/m1/s1. The number of amides is 1. The van der Waals surface area contributed by atoms with Gasteiger partial charge in [-0.25, -0.2) is 4.79 Å². The second-order valence-corrected chi connectivity index (χ2v) is 4.61. The number of hydrogen-bond acceptors (Lipinski definition) is 5. The molecule has 0 aliphatic rings. The fourth-order valence-electron chi connectivity index (χ4n) is 1.08. The van der Waals surface area contributed by atoms with Gasteiger partial charge in [-0.15, -0.1) is 0 Å². The van der Waals surface area contributed by atoms with Crippen molar-refractivity contribution < 1.29 is 24.2 Å². The quantitative estimate of drug-likeness (QED) is 0.401. The molecule has 0 aromatic rings. The van der Waals surface area contributed by atoms with Crippen molar-refractivity contribution in [2.45, 2.75) is 51.9 Å². The van der Waals surface area contributed by atoms with Crippen molar-refractivity contribution in [3.05, 3.63) is 0 Å². The first-order chi connectivity index (χ1) is 7.85.